The smallest absolute Gasteiger partial charge is 0.190 e. The second-order valence-electron chi connectivity index (χ2n) is 4.98. The number of benzene rings is 1. The van der Waals surface area contributed by atoms with Crippen molar-refractivity contribution < 1.29 is 9.15 Å². The molecule has 0 spiro atoms. The van der Waals surface area contributed by atoms with E-state index in [2.05, 4.69) is 27.8 Å². The molecule has 0 aliphatic carbocycles. The third kappa shape index (κ3) is 6.78. The fourth-order valence-corrected chi connectivity index (χ4v) is 2.21. The van der Waals surface area contributed by atoms with E-state index in [1.807, 2.05) is 25.1 Å². The lowest BCUT2D eigenvalue weighted by Crippen LogP contribution is -2.38. The number of aliphatic imine (C=N–C) groups is 1. The number of furan rings is 1. The molecule has 0 aliphatic heterocycles. The molecule has 0 aliphatic rings. The van der Waals surface area contributed by atoms with Crippen LogP contribution in [0.4, 0.5) is 0 Å². The highest BCUT2D eigenvalue weighted by atomic mass is 127. The van der Waals surface area contributed by atoms with E-state index in [1.165, 1.54) is 0 Å². The lowest BCUT2D eigenvalue weighted by Gasteiger charge is -2.11. The highest BCUT2D eigenvalue weighted by molar-refractivity contribution is 14.0. The summed E-state index contributed by atoms with van der Waals surface area (Å²) >= 11 is 0. The minimum atomic E-state index is 0. The molecule has 1 heterocycles. The van der Waals surface area contributed by atoms with Crippen LogP contribution in [-0.4, -0.2) is 39.3 Å². The number of ether oxygens (including phenoxy) is 1. The number of halogens is 1. The highest BCUT2D eigenvalue weighted by Gasteiger charge is 2.03. The maximum Gasteiger partial charge on any atom is 0.190 e. The van der Waals surface area contributed by atoms with Crippen molar-refractivity contribution in [1.29, 1.82) is 0 Å². The molecule has 0 saturated carbocycles. The van der Waals surface area contributed by atoms with E-state index in [0.29, 0.717) is 0 Å². The molecule has 0 unspecified atom stereocenters. The lowest BCUT2D eigenvalue weighted by molar-refractivity contribution is 0.145. The van der Waals surface area contributed by atoms with Gasteiger partial charge in [-0.3, -0.25) is 4.99 Å². The molecular weight excluding hydrogens is 405 g/mol. The molecule has 2 N–H and O–H groups in total. The van der Waals surface area contributed by atoms with Crippen molar-refractivity contribution in [2.45, 2.75) is 19.8 Å². The van der Waals surface area contributed by atoms with Crippen molar-refractivity contribution in [3.05, 3.63) is 36.1 Å². The van der Waals surface area contributed by atoms with Gasteiger partial charge in [0.2, 0.25) is 0 Å². The van der Waals surface area contributed by atoms with Crippen LogP contribution in [0.1, 0.15) is 19.1 Å². The van der Waals surface area contributed by atoms with Gasteiger partial charge in [-0.2, -0.15) is 0 Å². The topological polar surface area (TPSA) is 58.8 Å². The minimum Gasteiger partial charge on any atom is -0.461 e. The van der Waals surface area contributed by atoms with Gasteiger partial charge in [-0.1, -0.05) is 18.2 Å². The van der Waals surface area contributed by atoms with E-state index < -0.39 is 0 Å². The number of para-hydroxylation sites is 1. The fourth-order valence-electron chi connectivity index (χ4n) is 2.21. The molecular formula is C17H26IN3O2. The van der Waals surface area contributed by atoms with E-state index in [9.17, 15) is 0 Å². The Morgan fingerprint density at radius 2 is 2.00 bits per heavy atom. The Hall–Kier alpha value is -1.28. The SMILES string of the molecule is CCOCCCNC(=NC)NCCc1cc2ccccc2o1.I. The van der Waals surface area contributed by atoms with Gasteiger partial charge >= 0.3 is 0 Å². The zero-order chi connectivity index (χ0) is 15.6. The highest BCUT2D eigenvalue weighted by Crippen LogP contribution is 2.18. The zero-order valence-corrected chi connectivity index (χ0v) is 16.1. The van der Waals surface area contributed by atoms with Crippen molar-refractivity contribution in [3.8, 4) is 0 Å². The van der Waals surface area contributed by atoms with E-state index in [-0.39, 0.29) is 24.0 Å². The Morgan fingerprint density at radius 1 is 1.22 bits per heavy atom. The number of nitrogens with zero attached hydrogens (tertiary/aromatic N) is 1. The Morgan fingerprint density at radius 3 is 2.74 bits per heavy atom. The number of hydrogen-bond acceptors (Lipinski definition) is 3. The van der Waals surface area contributed by atoms with E-state index in [1.54, 1.807) is 7.05 Å². The molecule has 2 rings (SSSR count). The molecule has 0 atom stereocenters. The summed E-state index contributed by atoms with van der Waals surface area (Å²) in [7, 11) is 1.78. The lowest BCUT2D eigenvalue weighted by atomic mass is 10.2. The van der Waals surface area contributed by atoms with Gasteiger partial charge in [0.05, 0.1) is 0 Å². The maximum absolute atomic E-state index is 5.79. The Labute approximate surface area is 154 Å². The van der Waals surface area contributed by atoms with Crippen LogP contribution < -0.4 is 10.6 Å². The second-order valence-corrected chi connectivity index (χ2v) is 4.98. The number of hydrogen-bond donors (Lipinski definition) is 2. The molecule has 2 aromatic rings. The molecule has 0 radical (unpaired) electrons. The Balaban J connectivity index is 0.00000264. The number of rotatable bonds is 8. The fraction of sp³-hybridized carbons (Fsp3) is 0.471. The van der Waals surface area contributed by atoms with Gasteiger partial charge in [0.15, 0.2) is 5.96 Å². The first kappa shape index (κ1) is 19.8. The van der Waals surface area contributed by atoms with Crippen LogP contribution in [0.3, 0.4) is 0 Å². The van der Waals surface area contributed by atoms with Gasteiger partial charge in [0, 0.05) is 45.2 Å². The van der Waals surface area contributed by atoms with Gasteiger partial charge in [0.1, 0.15) is 11.3 Å². The predicted molar refractivity (Wildman–Crippen MR) is 106 cm³/mol. The molecule has 0 fully saturated rings. The molecule has 0 amide bonds. The molecule has 1 aromatic heterocycles. The van der Waals surface area contributed by atoms with Crippen LogP contribution >= 0.6 is 24.0 Å². The summed E-state index contributed by atoms with van der Waals surface area (Å²) in [5.41, 5.74) is 0.941. The zero-order valence-electron chi connectivity index (χ0n) is 13.8. The number of guanidine groups is 1. The summed E-state index contributed by atoms with van der Waals surface area (Å²) in [5.74, 6) is 1.80. The maximum atomic E-state index is 5.79. The van der Waals surface area contributed by atoms with Gasteiger partial charge in [-0.15, -0.1) is 24.0 Å². The summed E-state index contributed by atoms with van der Waals surface area (Å²) in [5, 5.41) is 7.71. The van der Waals surface area contributed by atoms with Crippen LogP contribution in [0.25, 0.3) is 11.0 Å². The summed E-state index contributed by atoms with van der Waals surface area (Å²) < 4.78 is 11.1. The van der Waals surface area contributed by atoms with Crippen LogP contribution in [0, 0.1) is 0 Å². The first-order valence-electron chi connectivity index (χ1n) is 7.83. The number of fused-ring (bicyclic) bond motifs is 1. The minimum absolute atomic E-state index is 0. The third-order valence-electron chi connectivity index (χ3n) is 3.33. The Kier molecular flexibility index (Phi) is 9.70. The number of nitrogens with one attached hydrogen (secondary N) is 2. The average Bonchev–Trinajstić information content (AvgIpc) is 2.95. The van der Waals surface area contributed by atoms with Crippen molar-refractivity contribution in [1.82, 2.24) is 10.6 Å². The predicted octanol–water partition coefficient (Wildman–Crippen LogP) is 3.18. The summed E-state index contributed by atoms with van der Waals surface area (Å²) in [6.45, 7) is 5.19. The summed E-state index contributed by atoms with van der Waals surface area (Å²) in [4.78, 5) is 4.20. The van der Waals surface area contributed by atoms with Crippen LogP contribution in [0.5, 0.6) is 0 Å². The van der Waals surface area contributed by atoms with E-state index >= 15 is 0 Å². The van der Waals surface area contributed by atoms with Gasteiger partial charge in [0.25, 0.3) is 0 Å². The largest absolute Gasteiger partial charge is 0.461 e. The van der Waals surface area contributed by atoms with Crippen molar-refractivity contribution in [3.63, 3.8) is 0 Å². The van der Waals surface area contributed by atoms with Crippen molar-refractivity contribution >= 4 is 40.9 Å². The third-order valence-corrected chi connectivity index (χ3v) is 3.33. The first-order chi connectivity index (χ1) is 10.8. The van der Waals surface area contributed by atoms with Crippen molar-refractivity contribution in [2.75, 3.05) is 33.4 Å². The molecule has 5 nitrogen and oxygen atoms in total. The van der Waals surface area contributed by atoms with E-state index in [4.69, 9.17) is 9.15 Å². The quantitative estimate of drug-likeness (QED) is 0.292. The van der Waals surface area contributed by atoms with Crippen LogP contribution in [0.15, 0.2) is 39.7 Å². The summed E-state index contributed by atoms with van der Waals surface area (Å²) in [6, 6.07) is 10.2. The van der Waals surface area contributed by atoms with Gasteiger partial charge in [-0.05, 0) is 25.5 Å². The monoisotopic (exact) mass is 431 g/mol. The van der Waals surface area contributed by atoms with Gasteiger partial charge in [-0.25, -0.2) is 0 Å². The van der Waals surface area contributed by atoms with Crippen molar-refractivity contribution in [2.24, 2.45) is 4.99 Å². The molecule has 128 valence electrons. The summed E-state index contributed by atoms with van der Waals surface area (Å²) in [6.07, 6.45) is 1.80. The molecule has 0 saturated heterocycles. The molecule has 1 aromatic carbocycles. The normalized spacial score (nSPS) is 11.3. The van der Waals surface area contributed by atoms with Gasteiger partial charge < -0.3 is 19.8 Å². The Bertz CT molecular complexity index is 565. The van der Waals surface area contributed by atoms with E-state index in [0.717, 1.165) is 61.8 Å². The molecule has 0 bridgehead atoms. The second kappa shape index (κ2) is 11.3. The average molecular weight is 431 g/mol. The molecule has 23 heavy (non-hydrogen) atoms. The van der Waals surface area contributed by atoms with Crippen LogP contribution in [-0.2, 0) is 11.2 Å². The molecule has 6 heteroatoms. The van der Waals surface area contributed by atoms with Crippen LogP contribution in [0.2, 0.25) is 0 Å². The first-order valence-corrected chi connectivity index (χ1v) is 7.83. The standard InChI is InChI=1S/C17H25N3O2.HI/c1-3-21-12-6-10-19-17(18-2)20-11-9-15-13-14-7-4-5-8-16(14)22-15;/h4-5,7-8,13H,3,6,9-12H2,1-2H3,(H2,18,19,20);1H.